The predicted molar refractivity (Wildman–Crippen MR) is 109 cm³/mol. The molecule has 7 heteroatoms. The van der Waals surface area contributed by atoms with Gasteiger partial charge in [0, 0.05) is 38.4 Å². The molecule has 0 fully saturated rings. The second-order valence-corrected chi connectivity index (χ2v) is 8.08. The second-order valence-electron chi connectivity index (χ2n) is 8.08. The summed E-state index contributed by atoms with van der Waals surface area (Å²) in [5.74, 6) is 1.46. The third-order valence-corrected chi connectivity index (χ3v) is 5.16. The smallest absolute Gasteiger partial charge is 0.219 e. The number of fused-ring (bicyclic) bond motifs is 1. The van der Waals surface area contributed by atoms with Crippen LogP contribution in [0, 0.1) is 5.41 Å². The monoisotopic (exact) mass is 383 g/mol. The average molecular weight is 383 g/mol. The molecule has 1 aliphatic heterocycles. The van der Waals surface area contributed by atoms with Crippen LogP contribution in [0.25, 0.3) is 11.5 Å². The molecule has 150 valence electrons. The molecule has 2 aromatic heterocycles. The number of hydrogen-bond acceptors (Lipinski definition) is 6. The van der Waals surface area contributed by atoms with Crippen molar-refractivity contribution in [2.75, 3.05) is 25.0 Å². The number of aliphatic hydroxyl groups excluding tert-OH is 1. The lowest BCUT2D eigenvalue weighted by molar-refractivity contribution is -0.129. The fraction of sp³-hybridized carbons (Fsp3) is 0.524. The normalized spacial score (nSPS) is 13.9. The number of aliphatic hydroxyl groups is 1. The number of anilines is 1. The van der Waals surface area contributed by atoms with Gasteiger partial charge in [-0.25, -0.2) is 9.97 Å². The summed E-state index contributed by atoms with van der Waals surface area (Å²) in [5.41, 5.74) is 2.61. The summed E-state index contributed by atoms with van der Waals surface area (Å²) in [6.07, 6.45) is 4.33. The van der Waals surface area contributed by atoms with E-state index in [2.05, 4.69) is 24.1 Å². The van der Waals surface area contributed by atoms with E-state index >= 15 is 0 Å². The van der Waals surface area contributed by atoms with Gasteiger partial charge in [0.2, 0.25) is 5.91 Å². The molecule has 0 unspecified atom stereocenters. The quantitative estimate of drug-likeness (QED) is 0.714. The van der Waals surface area contributed by atoms with E-state index in [1.165, 1.54) is 0 Å². The fourth-order valence-corrected chi connectivity index (χ4v) is 3.31. The number of nitrogens with one attached hydrogen (secondary N) is 1. The molecule has 2 aromatic rings. The first-order valence-electron chi connectivity index (χ1n) is 9.81. The van der Waals surface area contributed by atoms with E-state index in [0.717, 1.165) is 48.6 Å². The third-order valence-electron chi connectivity index (χ3n) is 5.16. The van der Waals surface area contributed by atoms with Crippen molar-refractivity contribution in [3.8, 4) is 11.5 Å². The fourth-order valence-electron chi connectivity index (χ4n) is 3.31. The van der Waals surface area contributed by atoms with Crippen LogP contribution in [-0.4, -0.2) is 50.6 Å². The van der Waals surface area contributed by atoms with Gasteiger partial charge in [-0.3, -0.25) is 9.78 Å². The average Bonchev–Trinajstić information content (AvgIpc) is 2.71. The standard InChI is InChI=1S/C21H29N5O2/c1-15(28)26-12-8-16-18(13-26)24-20(17-7-4-5-10-22-17)25-19(16)23-11-6-9-21(2,3)14-27/h4-5,7,10,27H,6,8-9,11-14H2,1-3H3,(H,23,24,25). The number of carbonyl (C=O) groups is 1. The number of hydrogen-bond donors (Lipinski definition) is 2. The van der Waals surface area contributed by atoms with Gasteiger partial charge in [0.15, 0.2) is 5.82 Å². The Morgan fingerprint density at radius 3 is 2.82 bits per heavy atom. The maximum Gasteiger partial charge on any atom is 0.219 e. The first-order chi connectivity index (χ1) is 13.4. The molecule has 3 rings (SSSR count). The number of pyridine rings is 1. The Balaban J connectivity index is 1.83. The summed E-state index contributed by atoms with van der Waals surface area (Å²) in [4.78, 5) is 27.5. The van der Waals surface area contributed by atoms with Crippen molar-refractivity contribution in [2.24, 2.45) is 5.41 Å². The van der Waals surface area contributed by atoms with Gasteiger partial charge in [0.05, 0.1) is 12.2 Å². The Hall–Kier alpha value is -2.54. The minimum Gasteiger partial charge on any atom is -0.396 e. The van der Waals surface area contributed by atoms with Crippen LogP contribution in [0.1, 0.15) is 44.9 Å². The van der Waals surface area contributed by atoms with Crippen LogP contribution < -0.4 is 5.32 Å². The topological polar surface area (TPSA) is 91.2 Å². The van der Waals surface area contributed by atoms with Gasteiger partial charge in [-0.1, -0.05) is 19.9 Å². The van der Waals surface area contributed by atoms with Crippen LogP contribution in [0.5, 0.6) is 0 Å². The summed E-state index contributed by atoms with van der Waals surface area (Å²) in [5, 5.41) is 12.9. The Morgan fingerprint density at radius 2 is 2.14 bits per heavy atom. The van der Waals surface area contributed by atoms with Crippen molar-refractivity contribution in [2.45, 2.75) is 46.6 Å². The molecule has 0 radical (unpaired) electrons. The van der Waals surface area contributed by atoms with Crippen LogP contribution in [0.15, 0.2) is 24.4 Å². The number of rotatable bonds is 7. The van der Waals surface area contributed by atoms with Crippen LogP contribution >= 0.6 is 0 Å². The molecular formula is C21H29N5O2. The largest absolute Gasteiger partial charge is 0.396 e. The molecule has 0 bridgehead atoms. The number of carbonyl (C=O) groups excluding carboxylic acids is 1. The van der Waals surface area contributed by atoms with E-state index in [-0.39, 0.29) is 17.9 Å². The van der Waals surface area contributed by atoms with Crippen molar-refractivity contribution < 1.29 is 9.90 Å². The Labute approximate surface area is 166 Å². The lowest BCUT2D eigenvalue weighted by Crippen LogP contribution is -2.35. The van der Waals surface area contributed by atoms with Crippen LogP contribution in [-0.2, 0) is 17.8 Å². The molecule has 0 aliphatic carbocycles. The Bertz CT molecular complexity index is 823. The zero-order chi connectivity index (χ0) is 20.1. The minimum absolute atomic E-state index is 0.0596. The third kappa shape index (κ3) is 4.84. The van der Waals surface area contributed by atoms with Gasteiger partial charge in [0.25, 0.3) is 0 Å². The van der Waals surface area contributed by atoms with E-state index in [1.54, 1.807) is 13.1 Å². The van der Waals surface area contributed by atoms with Crippen molar-refractivity contribution in [3.63, 3.8) is 0 Å². The Morgan fingerprint density at radius 1 is 1.32 bits per heavy atom. The molecule has 2 N–H and O–H groups in total. The molecule has 0 atom stereocenters. The van der Waals surface area contributed by atoms with E-state index in [9.17, 15) is 9.90 Å². The summed E-state index contributed by atoms with van der Waals surface area (Å²) >= 11 is 0. The molecule has 7 nitrogen and oxygen atoms in total. The van der Waals surface area contributed by atoms with Crippen LogP contribution in [0.2, 0.25) is 0 Å². The Kier molecular flexibility index (Phi) is 6.24. The lowest BCUT2D eigenvalue weighted by atomic mass is 9.89. The van der Waals surface area contributed by atoms with Crippen LogP contribution in [0.3, 0.4) is 0 Å². The highest BCUT2D eigenvalue weighted by atomic mass is 16.3. The number of amides is 1. The van der Waals surface area contributed by atoms with Gasteiger partial charge >= 0.3 is 0 Å². The summed E-state index contributed by atoms with van der Waals surface area (Å²) in [6, 6.07) is 5.67. The van der Waals surface area contributed by atoms with E-state index < -0.39 is 0 Å². The first kappa shape index (κ1) is 20.2. The number of aromatic nitrogens is 3. The van der Waals surface area contributed by atoms with E-state index in [0.29, 0.717) is 18.9 Å². The first-order valence-corrected chi connectivity index (χ1v) is 9.81. The zero-order valence-electron chi connectivity index (χ0n) is 16.9. The molecule has 1 aliphatic rings. The molecule has 28 heavy (non-hydrogen) atoms. The molecule has 0 aromatic carbocycles. The molecule has 0 saturated carbocycles. The second kappa shape index (κ2) is 8.65. The van der Waals surface area contributed by atoms with Gasteiger partial charge in [0.1, 0.15) is 11.5 Å². The van der Waals surface area contributed by atoms with Crippen molar-refractivity contribution in [3.05, 3.63) is 35.7 Å². The zero-order valence-corrected chi connectivity index (χ0v) is 16.9. The van der Waals surface area contributed by atoms with Gasteiger partial charge in [-0.05, 0) is 36.8 Å². The molecular weight excluding hydrogens is 354 g/mol. The van der Waals surface area contributed by atoms with Crippen molar-refractivity contribution >= 4 is 11.7 Å². The van der Waals surface area contributed by atoms with Crippen LogP contribution in [0.4, 0.5) is 5.82 Å². The molecule has 3 heterocycles. The lowest BCUT2D eigenvalue weighted by Gasteiger charge is -2.29. The minimum atomic E-state index is -0.0755. The van der Waals surface area contributed by atoms with Gasteiger partial charge in [-0.2, -0.15) is 0 Å². The van der Waals surface area contributed by atoms with Crippen molar-refractivity contribution in [1.82, 2.24) is 19.9 Å². The predicted octanol–water partition coefficient (Wildman–Crippen LogP) is 2.65. The number of nitrogens with zero attached hydrogens (tertiary/aromatic N) is 4. The maximum absolute atomic E-state index is 11.8. The summed E-state index contributed by atoms with van der Waals surface area (Å²) < 4.78 is 0. The van der Waals surface area contributed by atoms with Crippen molar-refractivity contribution in [1.29, 1.82) is 0 Å². The summed E-state index contributed by atoms with van der Waals surface area (Å²) in [7, 11) is 0. The summed E-state index contributed by atoms with van der Waals surface area (Å²) in [6.45, 7) is 7.85. The van der Waals surface area contributed by atoms with E-state index in [4.69, 9.17) is 9.97 Å². The maximum atomic E-state index is 11.8. The van der Waals surface area contributed by atoms with Gasteiger partial charge in [-0.15, -0.1) is 0 Å². The highest BCUT2D eigenvalue weighted by molar-refractivity contribution is 5.74. The molecule has 0 saturated heterocycles. The molecule has 1 amide bonds. The highest BCUT2D eigenvalue weighted by Gasteiger charge is 2.24. The molecule has 0 spiro atoms. The van der Waals surface area contributed by atoms with Gasteiger partial charge < -0.3 is 15.3 Å². The SMILES string of the molecule is CC(=O)N1CCc2c(nc(-c3ccccn3)nc2NCCCC(C)(C)CO)C1. The highest BCUT2D eigenvalue weighted by Crippen LogP contribution is 2.27. The van der Waals surface area contributed by atoms with E-state index in [1.807, 2.05) is 23.1 Å².